The van der Waals surface area contributed by atoms with Crippen molar-refractivity contribution in [2.45, 2.75) is 31.6 Å². The molecule has 5 rings (SSSR count). The Morgan fingerprint density at radius 1 is 1.06 bits per heavy atom. The van der Waals surface area contributed by atoms with E-state index < -0.39 is 0 Å². The maximum absolute atomic E-state index is 12.8. The number of carbonyl (C=O) groups excluding carboxylic acids is 2. The van der Waals surface area contributed by atoms with E-state index in [2.05, 4.69) is 17.2 Å². The second-order valence-corrected chi connectivity index (χ2v) is 8.67. The molecule has 33 heavy (non-hydrogen) atoms. The summed E-state index contributed by atoms with van der Waals surface area (Å²) in [6.45, 7) is 2.43. The van der Waals surface area contributed by atoms with E-state index in [1.165, 1.54) is 10.9 Å². The summed E-state index contributed by atoms with van der Waals surface area (Å²) in [5.74, 6) is 2.01. The van der Waals surface area contributed by atoms with Crippen molar-refractivity contribution in [3.63, 3.8) is 0 Å². The zero-order valence-corrected chi connectivity index (χ0v) is 18.9. The molecule has 2 aliphatic heterocycles. The number of hydrogen-bond donors (Lipinski definition) is 1. The molecule has 1 aromatic heterocycles. The van der Waals surface area contributed by atoms with Crippen LogP contribution in [0.5, 0.6) is 11.5 Å². The maximum Gasteiger partial charge on any atom is 0.227 e. The Bertz CT molecular complexity index is 1160. The van der Waals surface area contributed by atoms with E-state index in [1.807, 2.05) is 41.3 Å². The number of piperidine rings is 1. The van der Waals surface area contributed by atoms with E-state index in [0.29, 0.717) is 32.2 Å². The van der Waals surface area contributed by atoms with Crippen LogP contribution < -0.4 is 14.4 Å². The van der Waals surface area contributed by atoms with E-state index in [0.717, 1.165) is 35.5 Å². The minimum atomic E-state index is -0.0262. The van der Waals surface area contributed by atoms with Crippen molar-refractivity contribution in [2.75, 3.05) is 38.3 Å². The second-order valence-electron chi connectivity index (χ2n) is 8.67. The number of benzene rings is 2. The molecule has 1 N–H and O–H groups in total. The first-order valence-corrected chi connectivity index (χ1v) is 11.6. The van der Waals surface area contributed by atoms with Crippen LogP contribution in [0.25, 0.3) is 10.9 Å². The monoisotopic (exact) mass is 447 g/mol. The topological polar surface area (TPSA) is 74.9 Å². The summed E-state index contributed by atoms with van der Waals surface area (Å²) >= 11 is 0. The highest BCUT2D eigenvalue weighted by Crippen LogP contribution is 2.35. The summed E-state index contributed by atoms with van der Waals surface area (Å²) in [6, 6.07) is 13.6. The number of nitrogens with one attached hydrogen (secondary N) is 1. The number of aromatic nitrogens is 1. The Hall–Kier alpha value is -3.48. The molecule has 0 atom stereocenters. The normalized spacial score (nSPS) is 16.4. The largest absolute Gasteiger partial charge is 0.497 e. The highest BCUT2D eigenvalue weighted by Gasteiger charge is 2.27. The number of methoxy groups -OCH3 is 1. The molecule has 0 unspecified atom stereocenters. The van der Waals surface area contributed by atoms with Gasteiger partial charge in [-0.05, 0) is 54.7 Å². The van der Waals surface area contributed by atoms with Gasteiger partial charge in [0.1, 0.15) is 18.1 Å². The van der Waals surface area contributed by atoms with Gasteiger partial charge in [0.15, 0.2) is 0 Å². The van der Waals surface area contributed by atoms with Crippen LogP contribution in [0, 0.1) is 0 Å². The summed E-state index contributed by atoms with van der Waals surface area (Å²) in [5, 5.41) is 1.19. The third-order valence-electron chi connectivity index (χ3n) is 6.79. The fraction of sp³-hybridized carbons (Fsp3) is 0.385. The molecule has 7 nitrogen and oxygen atoms in total. The van der Waals surface area contributed by atoms with Gasteiger partial charge >= 0.3 is 0 Å². The van der Waals surface area contributed by atoms with Gasteiger partial charge in [0, 0.05) is 43.0 Å². The lowest BCUT2D eigenvalue weighted by molar-refractivity contribution is -0.134. The summed E-state index contributed by atoms with van der Waals surface area (Å²) < 4.78 is 11.0. The first-order chi connectivity index (χ1) is 16.1. The summed E-state index contributed by atoms with van der Waals surface area (Å²) in [7, 11) is 1.68. The molecule has 0 bridgehead atoms. The molecule has 3 heterocycles. The van der Waals surface area contributed by atoms with E-state index in [-0.39, 0.29) is 24.7 Å². The first-order valence-electron chi connectivity index (χ1n) is 11.6. The molecular weight excluding hydrogens is 418 g/mol. The van der Waals surface area contributed by atoms with Crippen LogP contribution in [-0.4, -0.2) is 55.0 Å². The zero-order valence-electron chi connectivity index (χ0n) is 18.9. The Morgan fingerprint density at radius 3 is 2.67 bits per heavy atom. The van der Waals surface area contributed by atoms with Crippen LogP contribution in [0.15, 0.2) is 48.7 Å². The van der Waals surface area contributed by atoms with E-state index in [1.54, 1.807) is 12.0 Å². The molecule has 0 spiro atoms. The van der Waals surface area contributed by atoms with Crippen LogP contribution >= 0.6 is 0 Å². The van der Waals surface area contributed by atoms with Gasteiger partial charge in [-0.15, -0.1) is 0 Å². The number of ether oxygens (including phenoxy) is 2. The fourth-order valence-electron chi connectivity index (χ4n) is 4.96. The first kappa shape index (κ1) is 21.4. The van der Waals surface area contributed by atoms with Crippen molar-refractivity contribution in [1.82, 2.24) is 9.88 Å². The van der Waals surface area contributed by atoms with Gasteiger partial charge in [-0.2, -0.15) is 0 Å². The predicted molar refractivity (Wildman–Crippen MR) is 127 cm³/mol. The summed E-state index contributed by atoms with van der Waals surface area (Å²) in [4.78, 5) is 32.6. The minimum Gasteiger partial charge on any atom is -0.497 e. The standard InChI is InChI=1S/C26H29N3O4/c1-32-19-6-7-22-20(16-19)21(17-27-22)18-10-12-28(13-11-18)25(30)8-9-26(31)29-14-15-33-24-5-3-2-4-23(24)29/h2-7,16-18,27H,8-15H2,1H3. The fourth-order valence-corrected chi connectivity index (χ4v) is 4.96. The number of rotatable bonds is 5. The van der Waals surface area contributed by atoms with E-state index in [4.69, 9.17) is 9.47 Å². The number of anilines is 1. The Morgan fingerprint density at radius 2 is 1.85 bits per heavy atom. The number of nitrogens with zero attached hydrogens (tertiary/aromatic N) is 2. The number of likely N-dealkylation sites (tertiary alicyclic amines) is 1. The summed E-state index contributed by atoms with van der Waals surface area (Å²) in [5.41, 5.74) is 3.18. The zero-order chi connectivity index (χ0) is 22.8. The van der Waals surface area contributed by atoms with Crippen molar-refractivity contribution < 1.29 is 19.1 Å². The molecule has 0 aliphatic carbocycles. The number of H-pyrrole nitrogens is 1. The average Bonchev–Trinajstić information content (AvgIpc) is 3.30. The average molecular weight is 448 g/mol. The Kier molecular flexibility index (Phi) is 5.94. The lowest BCUT2D eigenvalue weighted by atomic mass is 9.89. The third kappa shape index (κ3) is 4.27. The maximum atomic E-state index is 12.8. The number of fused-ring (bicyclic) bond motifs is 2. The Balaban J connectivity index is 1.16. The number of hydrogen-bond acceptors (Lipinski definition) is 4. The van der Waals surface area contributed by atoms with Crippen LogP contribution in [0.4, 0.5) is 5.69 Å². The quantitative estimate of drug-likeness (QED) is 0.639. The molecule has 3 aromatic rings. The van der Waals surface area contributed by atoms with Gasteiger partial charge in [0.25, 0.3) is 0 Å². The van der Waals surface area contributed by atoms with E-state index in [9.17, 15) is 9.59 Å². The molecule has 2 aliphatic rings. The number of amides is 2. The lowest BCUT2D eigenvalue weighted by Gasteiger charge is -2.32. The highest BCUT2D eigenvalue weighted by molar-refractivity contribution is 5.97. The number of aromatic amines is 1. The lowest BCUT2D eigenvalue weighted by Crippen LogP contribution is -2.40. The van der Waals surface area contributed by atoms with Crippen molar-refractivity contribution in [3.05, 3.63) is 54.2 Å². The van der Waals surface area contributed by atoms with Crippen LogP contribution in [-0.2, 0) is 9.59 Å². The van der Waals surface area contributed by atoms with Gasteiger partial charge in [0.2, 0.25) is 11.8 Å². The second kappa shape index (κ2) is 9.17. The van der Waals surface area contributed by atoms with Crippen LogP contribution in [0.3, 0.4) is 0 Å². The van der Waals surface area contributed by atoms with Crippen molar-refractivity contribution >= 4 is 28.4 Å². The molecule has 2 aromatic carbocycles. The predicted octanol–water partition coefficient (Wildman–Crippen LogP) is 4.09. The number of para-hydroxylation sites is 2. The SMILES string of the molecule is COc1ccc2[nH]cc(C3CCN(C(=O)CCC(=O)N4CCOc5ccccc54)CC3)c2c1. The van der Waals surface area contributed by atoms with Gasteiger partial charge in [-0.1, -0.05) is 12.1 Å². The molecule has 172 valence electrons. The van der Waals surface area contributed by atoms with Gasteiger partial charge in [-0.3, -0.25) is 9.59 Å². The Labute approximate surface area is 193 Å². The molecule has 7 heteroatoms. The highest BCUT2D eigenvalue weighted by atomic mass is 16.5. The molecule has 0 radical (unpaired) electrons. The molecule has 2 amide bonds. The van der Waals surface area contributed by atoms with Gasteiger partial charge < -0.3 is 24.3 Å². The van der Waals surface area contributed by atoms with Crippen LogP contribution in [0.2, 0.25) is 0 Å². The van der Waals surface area contributed by atoms with E-state index >= 15 is 0 Å². The molecule has 1 saturated heterocycles. The smallest absolute Gasteiger partial charge is 0.227 e. The molecular formula is C26H29N3O4. The van der Waals surface area contributed by atoms with Crippen molar-refractivity contribution in [1.29, 1.82) is 0 Å². The van der Waals surface area contributed by atoms with Gasteiger partial charge in [0.05, 0.1) is 19.3 Å². The van der Waals surface area contributed by atoms with Gasteiger partial charge in [-0.25, -0.2) is 0 Å². The van der Waals surface area contributed by atoms with Crippen LogP contribution in [0.1, 0.15) is 37.2 Å². The minimum absolute atomic E-state index is 0.0262. The van der Waals surface area contributed by atoms with Crippen molar-refractivity contribution in [3.8, 4) is 11.5 Å². The summed E-state index contributed by atoms with van der Waals surface area (Å²) in [6.07, 6.45) is 4.38. The number of carbonyl (C=O) groups is 2. The molecule has 0 saturated carbocycles. The van der Waals surface area contributed by atoms with Crippen molar-refractivity contribution in [2.24, 2.45) is 0 Å². The third-order valence-corrected chi connectivity index (χ3v) is 6.79. The molecule has 1 fully saturated rings.